The molecule has 1 fully saturated rings. The molecule has 1 aromatic rings. The van der Waals surface area contributed by atoms with Crippen LogP contribution in [0.3, 0.4) is 0 Å². The van der Waals surface area contributed by atoms with Crippen LogP contribution in [0, 0.1) is 11.8 Å². The van der Waals surface area contributed by atoms with E-state index in [1.807, 2.05) is 4.90 Å². The third-order valence-electron chi connectivity index (χ3n) is 3.94. The zero-order valence-corrected chi connectivity index (χ0v) is 12.7. The van der Waals surface area contributed by atoms with Crippen molar-refractivity contribution in [3.8, 4) is 11.8 Å². The molecule has 2 rings (SSSR count). The summed E-state index contributed by atoms with van der Waals surface area (Å²) in [5, 5.41) is 8.72. The van der Waals surface area contributed by atoms with Crippen molar-refractivity contribution in [2.75, 3.05) is 26.7 Å². The van der Waals surface area contributed by atoms with E-state index in [2.05, 4.69) is 42.6 Å². The number of rotatable bonds is 1. The molecule has 1 amide bonds. The Bertz CT molecular complexity index is 564. The minimum absolute atomic E-state index is 0.0121. The molecule has 5 heteroatoms. The van der Waals surface area contributed by atoms with Crippen molar-refractivity contribution in [3.63, 3.8) is 0 Å². The Morgan fingerprint density at radius 1 is 1.38 bits per heavy atom. The van der Waals surface area contributed by atoms with E-state index < -0.39 is 0 Å². The number of aliphatic hydroxyl groups is 1. The summed E-state index contributed by atoms with van der Waals surface area (Å²) in [7, 11) is 2.09. The molecular weight excluding hydrogens is 266 g/mol. The van der Waals surface area contributed by atoms with E-state index in [1.54, 1.807) is 18.5 Å². The third kappa shape index (κ3) is 3.60. The topological polar surface area (TPSA) is 56.7 Å². The van der Waals surface area contributed by atoms with Crippen LogP contribution in [0.1, 0.15) is 29.8 Å². The molecule has 21 heavy (non-hydrogen) atoms. The molecule has 112 valence electrons. The van der Waals surface area contributed by atoms with Crippen LogP contribution in [0.25, 0.3) is 0 Å². The van der Waals surface area contributed by atoms with Gasteiger partial charge in [-0.05, 0) is 27.0 Å². The molecule has 1 aromatic heterocycles. The number of aliphatic hydroxyl groups excluding tert-OH is 1. The van der Waals surface area contributed by atoms with E-state index >= 15 is 0 Å². The van der Waals surface area contributed by atoms with Crippen molar-refractivity contribution in [2.45, 2.75) is 25.9 Å². The number of pyridine rings is 1. The van der Waals surface area contributed by atoms with Crippen molar-refractivity contribution in [3.05, 3.63) is 29.6 Å². The van der Waals surface area contributed by atoms with E-state index in [4.69, 9.17) is 5.11 Å². The zero-order chi connectivity index (χ0) is 15.4. The summed E-state index contributed by atoms with van der Waals surface area (Å²) in [6.45, 7) is 5.47. The van der Waals surface area contributed by atoms with Crippen LogP contribution < -0.4 is 0 Å². The molecule has 0 aliphatic carbocycles. The minimum atomic E-state index is -0.203. The van der Waals surface area contributed by atoms with Gasteiger partial charge in [-0.15, -0.1) is 0 Å². The summed E-state index contributed by atoms with van der Waals surface area (Å²) in [5.41, 5.74) is 1.19. The fraction of sp³-hybridized carbons (Fsp3) is 0.500. The van der Waals surface area contributed by atoms with Gasteiger partial charge >= 0.3 is 0 Å². The van der Waals surface area contributed by atoms with Crippen molar-refractivity contribution in [1.82, 2.24) is 14.8 Å². The van der Waals surface area contributed by atoms with Gasteiger partial charge in [-0.25, -0.2) is 0 Å². The first kappa shape index (κ1) is 15.5. The highest BCUT2D eigenvalue weighted by molar-refractivity contribution is 5.94. The lowest BCUT2D eigenvalue weighted by Crippen LogP contribution is -2.56. The van der Waals surface area contributed by atoms with Gasteiger partial charge < -0.3 is 10.0 Å². The largest absolute Gasteiger partial charge is 0.384 e. The standard InChI is InChI=1S/C16H21N3O2/c1-12-10-19(11-13(2)18(12)3)16(21)15-7-14(5-4-6-20)8-17-9-15/h7-9,12-13,20H,6,10-11H2,1-3H3. The highest BCUT2D eigenvalue weighted by Gasteiger charge is 2.29. The first-order valence-corrected chi connectivity index (χ1v) is 7.09. The number of aromatic nitrogens is 1. The number of hydrogen-bond acceptors (Lipinski definition) is 4. The highest BCUT2D eigenvalue weighted by atomic mass is 16.2. The second kappa shape index (κ2) is 6.70. The van der Waals surface area contributed by atoms with Crippen molar-refractivity contribution < 1.29 is 9.90 Å². The number of hydrogen-bond donors (Lipinski definition) is 1. The average Bonchev–Trinajstić information content (AvgIpc) is 2.49. The van der Waals surface area contributed by atoms with Crippen LogP contribution >= 0.6 is 0 Å². The van der Waals surface area contributed by atoms with Crippen molar-refractivity contribution in [1.29, 1.82) is 0 Å². The van der Waals surface area contributed by atoms with Crippen LogP contribution in [-0.2, 0) is 0 Å². The maximum atomic E-state index is 12.6. The molecule has 2 atom stereocenters. The van der Waals surface area contributed by atoms with E-state index in [9.17, 15) is 4.79 Å². The molecule has 1 aliphatic heterocycles. The molecule has 1 aliphatic rings. The number of likely N-dealkylation sites (N-methyl/N-ethyl adjacent to an activating group) is 1. The van der Waals surface area contributed by atoms with Crippen LogP contribution in [0.4, 0.5) is 0 Å². The lowest BCUT2D eigenvalue weighted by Gasteiger charge is -2.42. The summed E-state index contributed by atoms with van der Waals surface area (Å²) in [6.07, 6.45) is 3.16. The smallest absolute Gasteiger partial charge is 0.255 e. The van der Waals surface area contributed by atoms with Crippen LogP contribution in [0.5, 0.6) is 0 Å². The van der Waals surface area contributed by atoms with Gasteiger partial charge in [0.15, 0.2) is 0 Å². The van der Waals surface area contributed by atoms with E-state index in [0.29, 0.717) is 36.3 Å². The molecule has 1 N–H and O–H groups in total. The number of carbonyl (C=O) groups is 1. The maximum Gasteiger partial charge on any atom is 0.255 e. The Morgan fingerprint density at radius 2 is 2.05 bits per heavy atom. The Hall–Kier alpha value is -1.90. The van der Waals surface area contributed by atoms with Gasteiger partial charge in [0.1, 0.15) is 6.61 Å². The first-order chi connectivity index (χ1) is 10.0. The average molecular weight is 287 g/mol. The Morgan fingerprint density at radius 3 is 2.67 bits per heavy atom. The number of carbonyl (C=O) groups excluding carboxylic acids is 1. The molecule has 0 spiro atoms. The van der Waals surface area contributed by atoms with Crippen molar-refractivity contribution in [2.24, 2.45) is 0 Å². The molecule has 0 saturated carbocycles. The first-order valence-electron chi connectivity index (χ1n) is 7.09. The molecular formula is C16H21N3O2. The Labute approximate surface area is 125 Å². The second-order valence-electron chi connectivity index (χ2n) is 5.50. The molecule has 2 unspecified atom stereocenters. The van der Waals surface area contributed by atoms with Crippen LogP contribution in [0.15, 0.2) is 18.5 Å². The van der Waals surface area contributed by atoms with Gasteiger partial charge in [-0.1, -0.05) is 11.8 Å². The van der Waals surface area contributed by atoms with Gasteiger partial charge in [0.25, 0.3) is 5.91 Å². The fourth-order valence-corrected chi connectivity index (χ4v) is 2.52. The van der Waals surface area contributed by atoms with Gasteiger partial charge in [-0.3, -0.25) is 14.7 Å². The van der Waals surface area contributed by atoms with E-state index in [0.717, 1.165) is 0 Å². The number of nitrogens with zero attached hydrogens (tertiary/aromatic N) is 3. The summed E-state index contributed by atoms with van der Waals surface area (Å²) < 4.78 is 0. The van der Waals surface area contributed by atoms with Crippen LogP contribution in [-0.4, -0.2) is 64.6 Å². The zero-order valence-electron chi connectivity index (χ0n) is 12.7. The monoisotopic (exact) mass is 287 g/mol. The van der Waals surface area contributed by atoms with Gasteiger partial charge in [0, 0.05) is 43.1 Å². The number of piperazine rings is 1. The van der Waals surface area contributed by atoms with Gasteiger partial charge in [0.05, 0.1) is 5.56 Å². The lowest BCUT2D eigenvalue weighted by molar-refractivity contribution is 0.0414. The SMILES string of the molecule is CC1CN(C(=O)c2cncc(C#CCO)c2)CC(C)N1C. The minimum Gasteiger partial charge on any atom is -0.384 e. The summed E-state index contributed by atoms with van der Waals surface area (Å²) in [4.78, 5) is 20.8. The Balaban J connectivity index is 2.16. The molecule has 1 saturated heterocycles. The summed E-state index contributed by atoms with van der Waals surface area (Å²) in [5.74, 6) is 5.33. The van der Waals surface area contributed by atoms with Gasteiger partial charge in [-0.2, -0.15) is 0 Å². The van der Waals surface area contributed by atoms with Crippen molar-refractivity contribution >= 4 is 5.91 Å². The fourth-order valence-electron chi connectivity index (χ4n) is 2.52. The third-order valence-corrected chi connectivity index (χ3v) is 3.94. The summed E-state index contributed by atoms with van der Waals surface area (Å²) >= 11 is 0. The molecule has 0 bridgehead atoms. The molecule has 5 nitrogen and oxygen atoms in total. The lowest BCUT2D eigenvalue weighted by atomic mass is 10.1. The van der Waals surface area contributed by atoms with E-state index in [-0.39, 0.29) is 12.5 Å². The Kier molecular flexibility index (Phi) is 4.94. The quantitative estimate of drug-likeness (QED) is 0.768. The second-order valence-corrected chi connectivity index (χ2v) is 5.50. The molecule has 0 aromatic carbocycles. The highest BCUT2D eigenvalue weighted by Crippen LogP contribution is 2.16. The molecule has 2 heterocycles. The normalized spacial score (nSPS) is 22.6. The number of amides is 1. The molecule has 0 radical (unpaired) electrons. The summed E-state index contributed by atoms with van der Waals surface area (Å²) in [6, 6.07) is 2.40. The maximum absolute atomic E-state index is 12.6. The van der Waals surface area contributed by atoms with E-state index in [1.165, 1.54) is 0 Å². The van der Waals surface area contributed by atoms with Gasteiger partial charge in [0.2, 0.25) is 0 Å². The predicted molar refractivity (Wildman–Crippen MR) is 80.8 cm³/mol. The van der Waals surface area contributed by atoms with Crippen LogP contribution in [0.2, 0.25) is 0 Å². The predicted octanol–water partition coefficient (Wildman–Crippen LogP) is 0.590.